The number of nitrogens with two attached hydrogens (primary N) is 1. The van der Waals surface area contributed by atoms with Crippen LogP contribution in [0, 0.1) is 0 Å². The van der Waals surface area contributed by atoms with Crippen LogP contribution in [0.1, 0.15) is 19.4 Å². The van der Waals surface area contributed by atoms with Gasteiger partial charge in [0.15, 0.2) is 5.96 Å². The second-order valence-electron chi connectivity index (χ2n) is 7.12. The normalized spacial score (nSPS) is 20.6. The molecule has 0 aliphatic carbocycles. The summed E-state index contributed by atoms with van der Waals surface area (Å²) in [5.41, 5.74) is 15.7. The number of hydrazine groups is 1. The maximum absolute atomic E-state index is 8.81. The second-order valence-corrected chi connectivity index (χ2v) is 7.12. The summed E-state index contributed by atoms with van der Waals surface area (Å²) < 4.78 is 0. The van der Waals surface area contributed by atoms with E-state index >= 15 is 0 Å². The first-order valence-corrected chi connectivity index (χ1v) is 9.11. The molecule has 2 atom stereocenters. The van der Waals surface area contributed by atoms with Crippen LogP contribution < -0.4 is 27.2 Å². The summed E-state index contributed by atoms with van der Waals surface area (Å²) in [5, 5.41) is 15.3. The molecule has 7 heteroatoms. The molecule has 0 radical (unpaired) electrons. The predicted molar refractivity (Wildman–Crippen MR) is 109 cm³/mol. The van der Waals surface area contributed by atoms with Crippen LogP contribution in [-0.4, -0.2) is 36.7 Å². The van der Waals surface area contributed by atoms with Crippen molar-refractivity contribution < 1.29 is 5.11 Å². The predicted octanol–water partition coefficient (Wildman–Crippen LogP) is 0.835. The van der Waals surface area contributed by atoms with E-state index in [0.29, 0.717) is 0 Å². The van der Waals surface area contributed by atoms with Crippen LogP contribution in [0.25, 0.3) is 11.1 Å². The number of hydrogen-bond acceptors (Lipinski definition) is 5. The molecule has 3 rings (SSSR count). The molecule has 0 amide bonds. The van der Waals surface area contributed by atoms with Crippen molar-refractivity contribution >= 4 is 5.96 Å². The minimum absolute atomic E-state index is 0.0109. The van der Waals surface area contributed by atoms with Crippen molar-refractivity contribution in [3.8, 4) is 11.1 Å². The third-order valence-electron chi connectivity index (χ3n) is 4.84. The standard InChI is InChI=1S/C20H28N6O/c1-20(2,17-23-19(26-25-17)24-18(21)22-12-13-27)16-10-8-15(9-11-16)14-6-4-3-5-7-14/h3-11,17,19,23,25-27H,12-13H2,1-2H3,(H3,21,22,24). The summed E-state index contributed by atoms with van der Waals surface area (Å²) >= 11 is 0. The van der Waals surface area contributed by atoms with Crippen LogP contribution in [0.4, 0.5) is 0 Å². The molecule has 1 aliphatic rings. The highest BCUT2D eigenvalue weighted by atomic mass is 16.3. The Bertz CT molecular complexity index is 760. The minimum Gasteiger partial charge on any atom is -0.394 e. The molecule has 7 nitrogen and oxygen atoms in total. The number of hydrogen-bond donors (Lipinski definition) is 6. The number of aliphatic hydroxyl groups is 1. The molecule has 2 aromatic rings. The van der Waals surface area contributed by atoms with Crippen LogP contribution >= 0.6 is 0 Å². The summed E-state index contributed by atoms with van der Waals surface area (Å²) in [6, 6.07) is 19.0. The van der Waals surface area contributed by atoms with Crippen LogP contribution in [0.3, 0.4) is 0 Å². The first kappa shape index (κ1) is 19.3. The van der Waals surface area contributed by atoms with E-state index in [1.807, 2.05) is 18.2 Å². The van der Waals surface area contributed by atoms with Gasteiger partial charge in [0, 0.05) is 5.41 Å². The van der Waals surface area contributed by atoms with E-state index in [-0.39, 0.29) is 37.0 Å². The molecular formula is C20H28N6O. The van der Waals surface area contributed by atoms with Crippen molar-refractivity contribution in [1.82, 2.24) is 21.5 Å². The van der Waals surface area contributed by atoms with Crippen LogP contribution in [0.2, 0.25) is 0 Å². The van der Waals surface area contributed by atoms with Gasteiger partial charge in [0.1, 0.15) is 6.29 Å². The summed E-state index contributed by atoms with van der Waals surface area (Å²) in [7, 11) is 0. The molecule has 2 unspecified atom stereocenters. The Morgan fingerprint density at radius 3 is 2.41 bits per heavy atom. The van der Waals surface area contributed by atoms with Gasteiger partial charge in [0.2, 0.25) is 0 Å². The summed E-state index contributed by atoms with van der Waals surface area (Å²) in [5.74, 6) is 0.279. The van der Waals surface area contributed by atoms with E-state index in [0.717, 1.165) is 0 Å². The highest BCUT2D eigenvalue weighted by molar-refractivity contribution is 5.78. The van der Waals surface area contributed by atoms with E-state index in [2.05, 4.69) is 76.7 Å². The monoisotopic (exact) mass is 368 g/mol. The van der Waals surface area contributed by atoms with Crippen LogP contribution in [0.5, 0.6) is 0 Å². The second kappa shape index (κ2) is 8.49. The molecule has 1 heterocycles. The van der Waals surface area contributed by atoms with E-state index in [4.69, 9.17) is 10.8 Å². The topological polar surface area (TPSA) is 107 Å². The lowest BCUT2D eigenvalue weighted by molar-refractivity contribution is 0.306. The molecule has 1 fully saturated rings. The largest absolute Gasteiger partial charge is 0.394 e. The SMILES string of the molecule is CC(C)(c1ccc(-c2ccccc2)cc1)C1NNC(NC(N)=NCCO)N1. The van der Waals surface area contributed by atoms with E-state index in [9.17, 15) is 0 Å². The molecule has 1 aliphatic heterocycles. The maximum atomic E-state index is 8.81. The number of aliphatic hydroxyl groups excluding tert-OH is 1. The highest BCUT2D eigenvalue weighted by Gasteiger charge is 2.36. The van der Waals surface area contributed by atoms with Crippen molar-refractivity contribution in [2.75, 3.05) is 13.2 Å². The van der Waals surface area contributed by atoms with Gasteiger partial charge >= 0.3 is 0 Å². The number of nitrogens with zero attached hydrogens (tertiary/aromatic N) is 1. The molecule has 0 aromatic heterocycles. The Morgan fingerprint density at radius 1 is 1.07 bits per heavy atom. The fourth-order valence-electron chi connectivity index (χ4n) is 3.14. The Kier molecular flexibility index (Phi) is 6.08. The zero-order valence-electron chi connectivity index (χ0n) is 15.7. The smallest absolute Gasteiger partial charge is 0.190 e. The van der Waals surface area contributed by atoms with Crippen molar-refractivity contribution in [1.29, 1.82) is 0 Å². The molecule has 27 heavy (non-hydrogen) atoms. The van der Waals surface area contributed by atoms with Gasteiger partial charge in [-0.2, -0.15) is 0 Å². The van der Waals surface area contributed by atoms with Crippen molar-refractivity contribution in [3.63, 3.8) is 0 Å². The maximum Gasteiger partial charge on any atom is 0.190 e. The molecule has 2 aromatic carbocycles. The van der Waals surface area contributed by atoms with E-state index in [1.54, 1.807) is 0 Å². The van der Waals surface area contributed by atoms with Gasteiger partial charge in [-0.25, -0.2) is 10.9 Å². The Hall–Kier alpha value is -2.45. The lowest BCUT2D eigenvalue weighted by Crippen LogP contribution is -2.53. The average molecular weight is 368 g/mol. The van der Waals surface area contributed by atoms with Gasteiger partial charge in [-0.3, -0.25) is 10.3 Å². The first-order chi connectivity index (χ1) is 13.0. The number of benzene rings is 2. The fourth-order valence-corrected chi connectivity index (χ4v) is 3.14. The summed E-state index contributed by atoms with van der Waals surface area (Å²) in [4.78, 5) is 4.02. The highest BCUT2D eigenvalue weighted by Crippen LogP contribution is 2.29. The van der Waals surface area contributed by atoms with Gasteiger partial charge in [-0.15, -0.1) is 0 Å². The number of rotatable bonds is 6. The van der Waals surface area contributed by atoms with E-state index < -0.39 is 0 Å². The Labute approximate surface area is 160 Å². The molecule has 0 spiro atoms. The van der Waals surface area contributed by atoms with Crippen molar-refractivity contribution in [3.05, 3.63) is 60.2 Å². The van der Waals surface area contributed by atoms with Gasteiger partial charge < -0.3 is 16.2 Å². The third-order valence-corrected chi connectivity index (χ3v) is 4.84. The lowest BCUT2D eigenvalue weighted by Gasteiger charge is -2.32. The van der Waals surface area contributed by atoms with Gasteiger partial charge in [-0.1, -0.05) is 68.4 Å². The zero-order chi connectivity index (χ0) is 19.3. The molecule has 0 bridgehead atoms. The molecular weight excluding hydrogens is 340 g/mol. The van der Waals surface area contributed by atoms with Gasteiger partial charge in [0.05, 0.1) is 19.3 Å². The average Bonchev–Trinajstić information content (AvgIpc) is 3.16. The quantitative estimate of drug-likeness (QED) is 0.333. The molecule has 144 valence electrons. The fraction of sp³-hybridized carbons (Fsp3) is 0.350. The zero-order valence-corrected chi connectivity index (χ0v) is 15.7. The van der Waals surface area contributed by atoms with E-state index in [1.165, 1.54) is 16.7 Å². The van der Waals surface area contributed by atoms with Crippen LogP contribution in [-0.2, 0) is 5.41 Å². The molecule has 7 N–H and O–H groups in total. The Balaban J connectivity index is 1.66. The molecule has 0 saturated carbocycles. The Morgan fingerprint density at radius 2 is 1.74 bits per heavy atom. The third kappa shape index (κ3) is 4.64. The van der Waals surface area contributed by atoms with Crippen LogP contribution in [0.15, 0.2) is 59.6 Å². The van der Waals surface area contributed by atoms with Crippen molar-refractivity contribution in [2.24, 2.45) is 10.7 Å². The molecule has 1 saturated heterocycles. The number of nitrogens with one attached hydrogen (secondary N) is 4. The lowest BCUT2D eigenvalue weighted by atomic mass is 9.81. The summed E-state index contributed by atoms with van der Waals surface area (Å²) in [6.07, 6.45) is -0.261. The number of aliphatic imine (C=N–C) groups is 1. The first-order valence-electron chi connectivity index (χ1n) is 9.11. The van der Waals surface area contributed by atoms with Gasteiger partial charge in [0.25, 0.3) is 0 Å². The van der Waals surface area contributed by atoms with Gasteiger partial charge in [-0.05, 0) is 16.7 Å². The van der Waals surface area contributed by atoms with Crippen molar-refractivity contribution in [2.45, 2.75) is 31.7 Å². The number of guanidine groups is 1. The summed E-state index contributed by atoms with van der Waals surface area (Å²) in [6.45, 7) is 4.62. The minimum atomic E-state index is -0.250.